The van der Waals surface area contributed by atoms with Gasteiger partial charge in [0.1, 0.15) is 4.84 Å². The average Bonchev–Trinajstić information content (AvgIpc) is 2.06. The van der Waals surface area contributed by atoms with Crippen LogP contribution in [0.25, 0.3) is 0 Å². The molecule has 0 spiro atoms. The quantitative estimate of drug-likeness (QED) is 0.457. The van der Waals surface area contributed by atoms with E-state index in [1.807, 2.05) is 6.07 Å². The number of halogens is 2. The fourth-order valence-electron chi connectivity index (χ4n) is 0.895. The molecule has 0 N–H and O–H groups in total. The van der Waals surface area contributed by atoms with Crippen molar-refractivity contribution >= 4 is 23.2 Å². The van der Waals surface area contributed by atoms with Gasteiger partial charge in [0.15, 0.2) is 0 Å². The van der Waals surface area contributed by atoms with Crippen molar-refractivity contribution in [3.05, 3.63) is 35.9 Å². The zero-order valence-electron chi connectivity index (χ0n) is 7.63. The van der Waals surface area contributed by atoms with Crippen LogP contribution in [0.4, 0.5) is 0 Å². The van der Waals surface area contributed by atoms with Crippen molar-refractivity contribution in [1.82, 2.24) is 0 Å². The number of hydrogen-bond donors (Lipinski definition) is 0. The molecule has 1 atom stereocenters. The molecule has 0 heterocycles. The Hall–Kier alpha value is 0.357. The van der Waals surface area contributed by atoms with Gasteiger partial charge in [-0.1, -0.05) is 48.4 Å². The van der Waals surface area contributed by atoms with Crippen LogP contribution in [0.1, 0.15) is 12.5 Å². The molecule has 0 aromatic heterocycles. The van der Waals surface area contributed by atoms with Crippen LogP contribution in [-0.4, -0.2) is 4.84 Å². The molecule has 1 aromatic carbocycles. The third kappa shape index (κ3) is 3.20. The molecule has 0 amide bonds. The monoisotopic (exact) mass is 210 g/mol. The topological polar surface area (TPSA) is 23.1 Å². The van der Waals surface area contributed by atoms with Crippen molar-refractivity contribution < 1.29 is 24.0 Å². The molecule has 0 radical (unpaired) electrons. The standard InChI is InChI=1S/C9H9Cl2O.Li/c1-9(12,8(10)11)7-5-3-2-4-6-7;/h2-6,8H,1H3;/q-1;+1. The molecular weight excluding hydrogens is 202 g/mol. The van der Waals surface area contributed by atoms with Crippen molar-refractivity contribution in [1.29, 1.82) is 0 Å². The number of benzene rings is 1. The zero-order valence-corrected chi connectivity index (χ0v) is 9.14. The summed E-state index contributed by atoms with van der Waals surface area (Å²) in [4.78, 5) is -0.931. The van der Waals surface area contributed by atoms with Gasteiger partial charge >= 0.3 is 18.9 Å². The van der Waals surface area contributed by atoms with Gasteiger partial charge in [-0.05, 0) is 0 Å². The average molecular weight is 211 g/mol. The maximum atomic E-state index is 11.7. The van der Waals surface area contributed by atoms with Gasteiger partial charge in [-0.25, -0.2) is 0 Å². The second-order valence-electron chi connectivity index (χ2n) is 2.77. The Morgan fingerprint density at radius 2 is 1.69 bits per heavy atom. The fourth-order valence-corrected chi connectivity index (χ4v) is 1.15. The Labute approximate surface area is 100 Å². The maximum Gasteiger partial charge on any atom is 1.00 e. The zero-order chi connectivity index (χ0) is 9.19. The third-order valence-corrected chi connectivity index (χ3v) is 2.60. The van der Waals surface area contributed by atoms with Crippen LogP contribution in [0.5, 0.6) is 0 Å². The molecular formula is C9H9Cl2LiO. The number of hydrogen-bond acceptors (Lipinski definition) is 1. The van der Waals surface area contributed by atoms with Crippen molar-refractivity contribution in [2.45, 2.75) is 17.4 Å². The van der Waals surface area contributed by atoms with Gasteiger partial charge in [0.2, 0.25) is 0 Å². The minimum atomic E-state index is -1.43. The van der Waals surface area contributed by atoms with Crippen molar-refractivity contribution in [2.75, 3.05) is 0 Å². The van der Waals surface area contributed by atoms with Crippen LogP contribution in [0.2, 0.25) is 0 Å². The second kappa shape index (κ2) is 5.29. The third-order valence-electron chi connectivity index (χ3n) is 1.76. The van der Waals surface area contributed by atoms with Gasteiger partial charge < -0.3 is 5.11 Å². The van der Waals surface area contributed by atoms with E-state index in [1.54, 1.807) is 24.3 Å². The molecule has 13 heavy (non-hydrogen) atoms. The van der Waals surface area contributed by atoms with Gasteiger partial charge in [0.05, 0.1) is 0 Å². The molecule has 0 bridgehead atoms. The Morgan fingerprint density at radius 1 is 1.23 bits per heavy atom. The van der Waals surface area contributed by atoms with Gasteiger partial charge in [-0.2, -0.15) is 0 Å². The first-order chi connectivity index (χ1) is 5.55. The van der Waals surface area contributed by atoms with Gasteiger partial charge in [-0.15, -0.1) is 23.2 Å². The summed E-state index contributed by atoms with van der Waals surface area (Å²) >= 11 is 11.1. The van der Waals surface area contributed by atoms with E-state index in [2.05, 4.69) is 0 Å². The van der Waals surface area contributed by atoms with Crippen LogP contribution < -0.4 is 24.0 Å². The van der Waals surface area contributed by atoms with Crippen LogP contribution in [-0.2, 0) is 5.60 Å². The van der Waals surface area contributed by atoms with E-state index < -0.39 is 10.4 Å². The molecule has 0 aliphatic carbocycles. The molecule has 0 saturated carbocycles. The summed E-state index contributed by atoms with van der Waals surface area (Å²) in [6.45, 7) is 1.48. The van der Waals surface area contributed by atoms with Crippen LogP contribution in [0.15, 0.2) is 30.3 Å². The van der Waals surface area contributed by atoms with Crippen LogP contribution in [0.3, 0.4) is 0 Å². The fraction of sp³-hybridized carbons (Fsp3) is 0.333. The molecule has 1 aromatic rings. The predicted octanol–water partition coefficient (Wildman–Crippen LogP) is -0.930. The molecule has 1 nitrogen and oxygen atoms in total. The Kier molecular flexibility index (Phi) is 5.44. The first kappa shape index (κ1) is 13.4. The minimum Gasteiger partial charge on any atom is -0.844 e. The predicted molar refractivity (Wildman–Crippen MR) is 49.3 cm³/mol. The van der Waals surface area contributed by atoms with Crippen molar-refractivity contribution in [3.8, 4) is 0 Å². The van der Waals surface area contributed by atoms with E-state index in [0.717, 1.165) is 0 Å². The van der Waals surface area contributed by atoms with E-state index in [4.69, 9.17) is 23.2 Å². The van der Waals surface area contributed by atoms with E-state index in [0.29, 0.717) is 5.56 Å². The van der Waals surface area contributed by atoms with E-state index >= 15 is 0 Å². The van der Waals surface area contributed by atoms with Crippen LogP contribution >= 0.6 is 23.2 Å². The normalized spacial score (nSPS) is 14.8. The molecule has 0 aliphatic rings. The summed E-state index contributed by atoms with van der Waals surface area (Å²) in [5.41, 5.74) is -0.815. The first-order valence-electron chi connectivity index (χ1n) is 3.59. The summed E-state index contributed by atoms with van der Waals surface area (Å²) in [6.07, 6.45) is 0. The summed E-state index contributed by atoms with van der Waals surface area (Å²) in [6, 6.07) is 8.88. The summed E-state index contributed by atoms with van der Waals surface area (Å²) in [5.74, 6) is 0. The summed E-state index contributed by atoms with van der Waals surface area (Å²) in [7, 11) is 0. The van der Waals surface area contributed by atoms with E-state index in [9.17, 15) is 5.11 Å². The Balaban J connectivity index is 0.00000144. The summed E-state index contributed by atoms with van der Waals surface area (Å²) in [5, 5.41) is 11.7. The molecule has 66 valence electrons. The Morgan fingerprint density at radius 3 is 2.08 bits per heavy atom. The van der Waals surface area contributed by atoms with Gasteiger partial charge in [-0.3, -0.25) is 0 Å². The Bertz CT molecular complexity index is 249. The van der Waals surface area contributed by atoms with E-state index in [1.165, 1.54) is 6.92 Å². The number of rotatable bonds is 2. The first-order valence-corrected chi connectivity index (χ1v) is 4.46. The maximum absolute atomic E-state index is 11.7. The molecule has 1 rings (SSSR count). The van der Waals surface area contributed by atoms with Gasteiger partial charge in [0.25, 0.3) is 0 Å². The second-order valence-corrected chi connectivity index (χ2v) is 3.87. The number of alkyl halides is 2. The molecule has 1 unspecified atom stereocenters. The molecule has 0 aliphatic heterocycles. The SMILES string of the molecule is CC([O-])(c1ccccc1)C(Cl)Cl.[Li+]. The van der Waals surface area contributed by atoms with Gasteiger partial charge in [0, 0.05) is 0 Å². The molecule has 4 heteroatoms. The van der Waals surface area contributed by atoms with Crippen LogP contribution in [0, 0.1) is 0 Å². The minimum absolute atomic E-state index is 0. The smallest absolute Gasteiger partial charge is 0.844 e. The summed E-state index contributed by atoms with van der Waals surface area (Å²) < 4.78 is 0. The molecule has 0 fully saturated rings. The van der Waals surface area contributed by atoms with E-state index in [-0.39, 0.29) is 18.9 Å². The van der Waals surface area contributed by atoms with Crippen molar-refractivity contribution in [2.24, 2.45) is 0 Å². The van der Waals surface area contributed by atoms with Crippen molar-refractivity contribution in [3.63, 3.8) is 0 Å². The largest absolute Gasteiger partial charge is 1.00 e. The molecule has 0 saturated heterocycles.